The summed E-state index contributed by atoms with van der Waals surface area (Å²) < 4.78 is 10.0. The lowest BCUT2D eigenvalue weighted by Crippen LogP contribution is -2.37. The van der Waals surface area contributed by atoms with Gasteiger partial charge in [0.1, 0.15) is 5.38 Å². The van der Waals surface area contributed by atoms with Gasteiger partial charge in [0.15, 0.2) is 0 Å². The van der Waals surface area contributed by atoms with Crippen LogP contribution in [0.25, 0.3) is 0 Å². The fourth-order valence-electron chi connectivity index (χ4n) is 1.55. The van der Waals surface area contributed by atoms with Crippen LogP contribution in [0.15, 0.2) is 0 Å². The normalized spacial score (nSPS) is 23.5. The van der Waals surface area contributed by atoms with Crippen molar-refractivity contribution in [3.05, 3.63) is 0 Å². The summed E-state index contributed by atoms with van der Waals surface area (Å²) >= 11 is 5.77. The summed E-state index contributed by atoms with van der Waals surface area (Å²) in [6.07, 6.45) is 3.71. The maximum absolute atomic E-state index is 11.0. The topological polar surface area (TPSA) is 47.6 Å². The molecule has 88 valence electrons. The first-order chi connectivity index (χ1) is 7.24. The van der Waals surface area contributed by atoms with Gasteiger partial charge >= 0.3 is 5.97 Å². The first-order valence-corrected chi connectivity index (χ1v) is 5.72. The number of rotatable bonds is 5. The van der Waals surface area contributed by atoms with Crippen LogP contribution in [-0.4, -0.2) is 44.3 Å². The molecule has 0 spiro atoms. The van der Waals surface area contributed by atoms with Gasteiger partial charge in [0.05, 0.1) is 13.2 Å². The Bertz CT molecular complexity index is 195. The van der Waals surface area contributed by atoms with Crippen LogP contribution in [0, 0.1) is 0 Å². The SMILES string of the molecule is COC(=O)C(Cl)CNCC1CCCCO1. The van der Waals surface area contributed by atoms with Gasteiger partial charge in [-0.25, -0.2) is 0 Å². The van der Waals surface area contributed by atoms with Crippen molar-refractivity contribution in [2.75, 3.05) is 26.8 Å². The Balaban J connectivity index is 2.07. The molecular weight excluding hydrogens is 218 g/mol. The Hall–Kier alpha value is -0.320. The van der Waals surface area contributed by atoms with Gasteiger partial charge in [0, 0.05) is 19.7 Å². The number of hydrogen-bond acceptors (Lipinski definition) is 4. The van der Waals surface area contributed by atoms with Crippen LogP contribution >= 0.6 is 11.6 Å². The number of hydrogen-bond donors (Lipinski definition) is 1. The Morgan fingerprint density at radius 2 is 2.47 bits per heavy atom. The molecule has 4 nitrogen and oxygen atoms in total. The zero-order valence-electron chi connectivity index (χ0n) is 9.00. The molecule has 0 radical (unpaired) electrons. The molecule has 1 saturated heterocycles. The molecule has 0 bridgehead atoms. The molecule has 5 heteroatoms. The molecule has 1 N–H and O–H groups in total. The molecule has 15 heavy (non-hydrogen) atoms. The van der Waals surface area contributed by atoms with Gasteiger partial charge in [0.25, 0.3) is 0 Å². The molecule has 0 aromatic carbocycles. The third kappa shape index (κ3) is 4.82. The number of ether oxygens (including phenoxy) is 2. The van der Waals surface area contributed by atoms with Crippen LogP contribution in [0.2, 0.25) is 0 Å². The molecule has 0 saturated carbocycles. The fraction of sp³-hybridized carbons (Fsp3) is 0.900. The van der Waals surface area contributed by atoms with Gasteiger partial charge in [-0.05, 0) is 19.3 Å². The number of nitrogens with one attached hydrogen (secondary N) is 1. The number of methoxy groups -OCH3 is 1. The molecule has 0 aromatic heterocycles. The van der Waals surface area contributed by atoms with E-state index in [9.17, 15) is 4.79 Å². The van der Waals surface area contributed by atoms with Crippen molar-refractivity contribution < 1.29 is 14.3 Å². The zero-order chi connectivity index (χ0) is 11.1. The lowest BCUT2D eigenvalue weighted by atomic mass is 10.1. The van der Waals surface area contributed by atoms with Crippen molar-refractivity contribution in [3.63, 3.8) is 0 Å². The summed E-state index contributed by atoms with van der Waals surface area (Å²) in [7, 11) is 1.34. The highest BCUT2D eigenvalue weighted by molar-refractivity contribution is 6.30. The molecule has 2 unspecified atom stereocenters. The van der Waals surface area contributed by atoms with Crippen LogP contribution in [-0.2, 0) is 14.3 Å². The van der Waals surface area contributed by atoms with Crippen LogP contribution in [0.5, 0.6) is 0 Å². The van der Waals surface area contributed by atoms with Crippen molar-refractivity contribution in [3.8, 4) is 0 Å². The van der Waals surface area contributed by atoms with Gasteiger partial charge in [-0.1, -0.05) is 0 Å². The zero-order valence-corrected chi connectivity index (χ0v) is 9.76. The van der Waals surface area contributed by atoms with Gasteiger partial charge < -0.3 is 14.8 Å². The summed E-state index contributed by atoms with van der Waals surface area (Å²) in [5.41, 5.74) is 0. The van der Waals surface area contributed by atoms with E-state index in [2.05, 4.69) is 10.1 Å². The van der Waals surface area contributed by atoms with Crippen molar-refractivity contribution in [1.82, 2.24) is 5.32 Å². The highest BCUT2D eigenvalue weighted by Crippen LogP contribution is 2.11. The quantitative estimate of drug-likeness (QED) is 0.569. The smallest absolute Gasteiger partial charge is 0.325 e. The Morgan fingerprint density at radius 3 is 3.07 bits per heavy atom. The lowest BCUT2D eigenvalue weighted by molar-refractivity contribution is -0.140. The first-order valence-electron chi connectivity index (χ1n) is 5.28. The molecule has 1 heterocycles. The monoisotopic (exact) mass is 235 g/mol. The molecular formula is C10H18ClNO3. The van der Waals surface area contributed by atoms with Gasteiger partial charge in [0.2, 0.25) is 0 Å². The maximum atomic E-state index is 11.0. The number of alkyl halides is 1. The predicted molar refractivity (Wildman–Crippen MR) is 58.1 cm³/mol. The second-order valence-corrected chi connectivity index (χ2v) is 4.16. The van der Waals surface area contributed by atoms with E-state index >= 15 is 0 Å². The maximum Gasteiger partial charge on any atom is 0.325 e. The Kier molecular flexibility index (Phi) is 5.98. The van der Waals surface area contributed by atoms with Crippen LogP contribution in [0.4, 0.5) is 0 Å². The summed E-state index contributed by atoms with van der Waals surface area (Å²) in [6.45, 7) is 2.02. The first kappa shape index (κ1) is 12.7. The van der Waals surface area contributed by atoms with Crippen molar-refractivity contribution in [2.24, 2.45) is 0 Å². The lowest BCUT2D eigenvalue weighted by Gasteiger charge is -2.23. The highest BCUT2D eigenvalue weighted by Gasteiger charge is 2.17. The van der Waals surface area contributed by atoms with E-state index < -0.39 is 11.3 Å². The van der Waals surface area contributed by atoms with Crippen LogP contribution in [0.3, 0.4) is 0 Å². The van der Waals surface area contributed by atoms with E-state index in [1.54, 1.807) is 0 Å². The average Bonchev–Trinajstić information content (AvgIpc) is 2.29. The molecule has 0 amide bonds. The number of carbonyl (C=O) groups excluding carboxylic acids is 1. The van der Waals surface area contributed by atoms with E-state index in [4.69, 9.17) is 16.3 Å². The molecule has 1 aliphatic rings. The van der Waals surface area contributed by atoms with E-state index in [0.717, 1.165) is 26.0 Å². The predicted octanol–water partition coefficient (Wildman–Crippen LogP) is 0.925. The van der Waals surface area contributed by atoms with Crippen LogP contribution in [0.1, 0.15) is 19.3 Å². The van der Waals surface area contributed by atoms with E-state index in [0.29, 0.717) is 6.54 Å². The van der Waals surface area contributed by atoms with E-state index in [1.807, 2.05) is 0 Å². The minimum Gasteiger partial charge on any atom is -0.468 e. The standard InChI is InChI=1S/C10H18ClNO3/c1-14-10(13)9(11)7-12-6-8-4-2-3-5-15-8/h8-9,12H,2-7H2,1H3. The second-order valence-electron chi connectivity index (χ2n) is 3.64. The van der Waals surface area contributed by atoms with Gasteiger partial charge in [-0.2, -0.15) is 0 Å². The Labute approximate surface area is 95.3 Å². The average molecular weight is 236 g/mol. The van der Waals surface area contributed by atoms with Crippen molar-refractivity contribution in [1.29, 1.82) is 0 Å². The van der Waals surface area contributed by atoms with Gasteiger partial charge in [-0.3, -0.25) is 4.79 Å². The van der Waals surface area contributed by atoms with Crippen molar-refractivity contribution >= 4 is 17.6 Å². The van der Waals surface area contributed by atoms with Crippen molar-refractivity contribution in [2.45, 2.75) is 30.7 Å². The van der Waals surface area contributed by atoms with Gasteiger partial charge in [-0.15, -0.1) is 11.6 Å². The van der Waals surface area contributed by atoms with E-state index in [-0.39, 0.29) is 6.10 Å². The largest absolute Gasteiger partial charge is 0.468 e. The molecule has 1 aliphatic heterocycles. The number of halogens is 1. The second kappa shape index (κ2) is 7.04. The van der Waals surface area contributed by atoms with Crippen LogP contribution < -0.4 is 5.32 Å². The summed E-state index contributed by atoms with van der Waals surface area (Å²) in [5.74, 6) is -0.395. The Morgan fingerprint density at radius 1 is 1.67 bits per heavy atom. The summed E-state index contributed by atoms with van der Waals surface area (Å²) in [6, 6.07) is 0. The minimum atomic E-state index is -0.612. The fourth-order valence-corrected chi connectivity index (χ4v) is 1.75. The third-order valence-electron chi connectivity index (χ3n) is 2.43. The molecule has 2 atom stereocenters. The molecule has 1 fully saturated rings. The number of esters is 1. The summed E-state index contributed by atoms with van der Waals surface area (Å²) in [5, 5.41) is 2.50. The molecule has 0 aliphatic carbocycles. The van der Waals surface area contributed by atoms with E-state index in [1.165, 1.54) is 13.5 Å². The minimum absolute atomic E-state index is 0.264. The third-order valence-corrected chi connectivity index (χ3v) is 2.76. The number of carbonyl (C=O) groups is 1. The molecule has 0 aromatic rings. The summed E-state index contributed by atoms with van der Waals surface area (Å²) in [4.78, 5) is 11.0. The molecule has 1 rings (SSSR count). The highest BCUT2D eigenvalue weighted by atomic mass is 35.5.